The van der Waals surface area contributed by atoms with Crippen LogP contribution in [0.1, 0.15) is 43.2 Å². The minimum Gasteiger partial charge on any atom is -0.403 e. The molecule has 2 fully saturated rings. The summed E-state index contributed by atoms with van der Waals surface area (Å²) in [5.41, 5.74) is 4.93. The van der Waals surface area contributed by atoms with Crippen molar-refractivity contribution in [2.75, 3.05) is 18.4 Å². The Morgan fingerprint density at radius 2 is 1.97 bits per heavy atom. The second-order valence-electron chi connectivity index (χ2n) is 8.47. The van der Waals surface area contributed by atoms with Gasteiger partial charge in [-0.3, -0.25) is 5.32 Å². The van der Waals surface area contributed by atoms with E-state index in [9.17, 15) is 4.79 Å². The lowest BCUT2D eigenvalue weighted by Crippen LogP contribution is -2.42. The Hall–Kier alpha value is -3.41. The zero-order chi connectivity index (χ0) is 21.2. The highest BCUT2D eigenvalue weighted by Crippen LogP contribution is 2.40. The molecule has 3 aromatic rings. The van der Waals surface area contributed by atoms with Gasteiger partial charge in [-0.15, -0.1) is 5.10 Å². The van der Waals surface area contributed by atoms with E-state index in [1.54, 1.807) is 0 Å². The molecule has 1 N–H and O–H groups in total. The van der Waals surface area contributed by atoms with E-state index in [-0.39, 0.29) is 12.0 Å². The zero-order valence-electron chi connectivity index (χ0n) is 17.6. The molecule has 2 aliphatic rings. The number of piperidine rings is 1. The van der Waals surface area contributed by atoms with Crippen LogP contribution in [0.15, 0.2) is 64.6 Å². The summed E-state index contributed by atoms with van der Waals surface area (Å²) in [6, 6.07) is 18.3. The number of carbonyl (C=O) groups is 1. The Bertz CT molecular complexity index is 1100. The third-order valence-electron chi connectivity index (χ3n) is 6.06. The topological polar surface area (TPSA) is 71.3 Å². The molecule has 5 rings (SSSR count). The van der Waals surface area contributed by atoms with Crippen LogP contribution in [0.5, 0.6) is 0 Å². The van der Waals surface area contributed by atoms with Crippen molar-refractivity contribution in [3.63, 3.8) is 0 Å². The van der Waals surface area contributed by atoms with Gasteiger partial charge in [0.25, 0.3) is 0 Å². The third kappa shape index (κ3) is 4.53. The number of aromatic nitrogens is 2. The standard InChI is InChI=1S/C25H26N4O2/c1-17-16-29(13-12-21(17)14-18-6-5-9-22(15-18)19-10-11-19)25(30)26-24-28-27-23(31-24)20-7-3-2-4-8-20/h2-9,14-15,17,19H,10-13,16H2,1H3,(H,26,28,30)/b21-14+. The van der Waals surface area contributed by atoms with Crippen molar-refractivity contribution in [1.29, 1.82) is 0 Å². The number of hydrogen-bond acceptors (Lipinski definition) is 4. The van der Waals surface area contributed by atoms with Crippen molar-refractivity contribution in [2.24, 2.45) is 5.92 Å². The summed E-state index contributed by atoms with van der Waals surface area (Å²) in [6.45, 7) is 3.51. The summed E-state index contributed by atoms with van der Waals surface area (Å²) in [5, 5.41) is 10.7. The third-order valence-corrected chi connectivity index (χ3v) is 6.06. The van der Waals surface area contributed by atoms with E-state index >= 15 is 0 Å². The van der Waals surface area contributed by atoms with Crippen molar-refractivity contribution in [1.82, 2.24) is 15.1 Å². The highest BCUT2D eigenvalue weighted by atomic mass is 16.4. The first-order chi connectivity index (χ1) is 15.2. The van der Waals surface area contributed by atoms with E-state index in [1.807, 2.05) is 35.2 Å². The number of likely N-dealkylation sites (tertiary alicyclic amines) is 1. The van der Waals surface area contributed by atoms with Crippen molar-refractivity contribution < 1.29 is 9.21 Å². The van der Waals surface area contributed by atoms with Gasteiger partial charge in [0, 0.05) is 18.7 Å². The van der Waals surface area contributed by atoms with Gasteiger partial charge >= 0.3 is 12.0 Å². The smallest absolute Gasteiger partial charge is 0.325 e. The minimum atomic E-state index is -0.204. The molecule has 6 heteroatoms. The fraction of sp³-hybridized carbons (Fsp3) is 0.320. The van der Waals surface area contributed by atoms with Crippen LogP contribution in [-0.4, -0.2) is 34.2 Å². The maximum Gasteiger partial charge on any atom is 0.325 e. The molecule has 0 bridgehead atoms. The van der Waals surface area contributed by atoms with Crippen LogP contribution in [0.2, 0.25) is 0 Å². The molecule has 0 spiro atoms. The van der Waals surface area contributed by atoms with Crippen LogP contribution in [0.3, 0.4) is 0 Å². The second kappa shape index (κ2) is 8.38. The Balaban J connectivity index is 1.21. The molecule has 0 radical (unpaired) electrons. The summed E-state index contributed by atoms with van der Waals surface area (Å²) < 4.78 is 5.60. The van der Waals surface area contributed by atoms with Crippen LogP contribution >= 0.6 is 0 Å². The lowest BCUT2D eigenvalue weighted by Gasteiger charge is -2.32. The molecule has 158 valence electrons. The quantitative estimate of drug-likeness (QED) is 0.606. The monoisotopic (exact) mass is 414 g/mol. The number of amides is 2. The molecule has 2 amide bonds. The first-order valence-corrected chi connectivity index (χ1v) is 10.9. The summed E-state index contributed by atoms with van der Waals surface area (Å²) in [5.74, 6) is 1.45. The molecule has 2 heterocycles. The fourth-order valence-corrected chi connectivity index (χ4v) is 4.12. The number of anilines is 1. The first kappa shape index (κ1) is 19.5. The Labute approximate surface area is 182 Å². The van der Waals surface area contributed by atoms with Gasteiger partial charge in [0.2, 0.25) is 5.89 Å². The van der Waals surface area contributed by atoms with Gasteiger partial charge in [-0.05, 0) is 54.4 Å². The molecule has 1 unspecified atom stereocenters. The number of urea groups is 1. The maximum atomic E-state index is 12.7. The normalized spacial score (nSPS) is 20.1. The highest BCUT2D eigenvalue weighted by Gasteiger charge is 2.26. The molecule has 1 saturated heterocycles. The summed E-state index contributed by atoms with van der Waals surface area (Å²) in [4.78, 5) is 14.5. The minimum absolute atomic E-state index is 0.120. The summed E-state index contributed by atoms with van der Waals surface area (Å²) in [7, 11) is 0. The van der Waals surface area contributed by atoms with Gasteiger partial charge in [0.1, 0.15) is 0 Å². The maximum absolute atomic E-state index is 12.7. The molecule has 1 aromatic heterocycles. The predicted molar refractivity (Wildman–Crippen MR) is 121 cm³/mol. The van der Waals surface area contributed by atoms with Gasteiger partial charge in [-0.25, -0.2) is 4.79 Å². The average molecular weight is 415 g/mol. The summed E-state index contributed by atoms with van der Waals surface area (Å²) in [6.07, 6.45) is 5.79. The Kier molecular flexibility index (Phi) is 5.28. The zero-order valence-corrected chi connectivity index (χ0v) is 17.6. The lowest BCUT2D eigenvalue weighted by molar-refractivity contribution is 0.197. The molecule has 1 atom stereocenters. The Morgan fingerprint density at radius 1 is 1.13 bits per heavy atom. The van der Waals surface area contributed by atoms with E-state index in [0.717, 1.165) is 17.9 Å². The highest BCUT2D eigenvalue weighted by molar-refractivity contribution is 5.87. The van der Waals surface area contributed by atoms with E-state index in [0.29, 0.717) is 24.9 Å². The Morgan fingerprint density at radius 3 is 2.74 bits per heavy atom. The fourth-order valence-electron chi connectivity index (χ4n) is 4.12. The number of hydrogen-bond donors (Lipinski definition) is 1. The van der Waals surface area contributed by atoms with Crippen LogP contribution in [0.4, 0.5) is 10.8 Å². The molecular formula is C25H26N4O2. The van der Waals surface area contributed by atoms with Crippen LogP contribution < -0.4 is 5.32 Å². The number of nitrogens with zero attached hydrogens (tertiary/aromatic N) is 3. The molecule has 1 saturated carbocycles. The van der Waals surface area contributed by atoms with Gasteiger partial charge in [0.15, 0.2) is 0 Å². The lowest BCUT2D eigenvalue weighted by atomic mass is 9.91. The molecular weight excluding hydrogens is 388 g/mol. The van der Waals surface area contributed by atoms with Crippen molar-refractivity contribution >= 4 is 18.1 Å². The van der Waals surface area contributed by atoms with E-state index in [2.05, 4.69) is 52.8 Å². The van der Waals surface area contributed by atoms with Gasteiger partial charge < -0.3 is 9.32 Å². The van der Waals surface area contributed by atoms with Crippen LogP contribution in [-0.2, 0) is 0 Å². The van der Waals surface area contributed by atoms with Gasteiger partial charge in [-0.2, -0.15) is 0 Å². The van der Waals surface area contributed by atoms with Crippen molar-refractivity contribution in [3.05, 3.63) is 71.3 Å². The van der Waals surface area contributed by atoms with Gasteiger partial charge in [0.05, 0.1) is 0 Å². The van der Waals surface area contributed by atoms with Crippen LogP contribution in [0.25, 0.3) is 17.5 Å². The van der Waals surface area contributed by atoms with E-state index in [1.165, 1.54) is 29.5 Å². The van der Waals surface area contributed by atoms with E-state index < -0.39 is 0 Å². The molecule has 6 nitrogen and oxygen atoms in total. The molecule has 1 aliphatic carbocycles. The second-order valence-corrected chi connectivity index (χ2v) is 8.47. The summed E-state index contributed by atoms with van der Waals surface area (Å²) >= 11 is 0. The SMILES string of the molecule is CC1CN(C(=O)Nc2nnc(-c3ccccc3)o2)CC/C1=C\c1cccc(C2CC2)c1. The van der Waals surface area contributed by atoms with Crippen LogP contribution in [0, 0.1) is 5.92 Å². The number of rotatable bonds is 4. The predicted octanol–water partition coefficient (Wildman–Crippen LogP) is 5.57. The van der Waals surface area contributed by atoms with Crippen molar-refractivity contribution in [3.8, 4) is 11.5 Å². The largest absolute Gasteiger partial charge is 0.403 e. The molecule has 1 aliphatic heterocycles. The first-order valence-electron chi connectivity index (χ1n) is 10.9. The molecule has 31 heavy (non-hydrogen) atoms. The number of carbonyl (C=O) groups excluding carboxylic acids is 1. The van der Waals surface area contributed by atoms with Crippen molar-refractivity contribution in [2.45, 2.75) is 32.1 Å². The molecule has 2 aromatic carbocycles. The van der Waals surface area contributed by atoms with E-state index in [4.69, 9.17) is 4.42 Å². The van der Waals surface area contributed by atoms with Gasteiger partial charge in [-0.1, -0.05) is 66.1 Å². The number of nitrogens with one attached hydrogen (secondary N) is 1. The number of benzene rings is 2. The average Bonchev–Trinajstić information content (AvgIpc) is 3.55.